The highest BCUT2D eigenvalue weighted by Gasteiger charge is 2.35. The maximum atomic E-state index is 12.2. The van der Waals surface area contributed by atoms with E-state index in [1.807, 2.05) is 27.7 Å². The Morgan fingerprint density at radius 3 is 1.77 bits per heavy atom. The minimum absolute atomic E-state index is 0.108. The van der Waals surface area contributed by atoms with Crippen LogP contribution >= 0.6 is 0 Å². The molecule has 2 unspecified atom stereocenters. The van der Waals surface area contributed by atoms with Crippen LogP contribution in [0.25, 0.3) is 0 Å². The minimum atomic E-state index is -4.02. The number of rotatable bonds is 4. The molecular formula is C10H19F3. The van der Waals surface area contributed by atoms with Crippen molar-refractivity contribution in [2.24, 2.45) is 17.8 Å². The average molecular weight is 196 g/mol. The van der Waals surface area contributed by atoms with E-state index >= 15 is 0 Å². The molecule has 2 atom stereocenters. The van der Waals surface area contributed by atoms with E-state index in [0.29, 0.717) is 0 Å². The van der Waals surface area contributed by atoms with Crippen molar-refractivity contribution in [1.82, 2.24) is 0 Å². The number of hydrogen-bond donors (Lipinski definition) is 0. The van der Waals surface area contributed by atoms with Crippen LogP contribution in [0.1, 0.15) is 40.5 Å². The zero-order valence-corrected chi connectivity index (χ0v) is 8.78. The Balaban J connectivity index is 4.27. The van der Waals surface area contributed by atoms with E-state index in [0.717, 1.165) is 6.42 Å². The van der Waals surface area contributed by atoms with Crippen molar-refractivity contribution in [2.75, 3.05) is 0 Å². The molecule has 80 valence electrons. The Morgan fingerprint density at radius 2 is 1.54 bits per heavy atom. The maximum absolute atomic E-state index is 12.2. The number of alkyl halides is 3. The summed E-state index contributed by atoms with van der Waals surface area (Å²) in [5.74, 6) is 0.0307. The molecule has 0 saturated carbocycles. The quantitative estimate of drug-likeness (QED) is 0.630. The van der Waals surface area contributed by atoms with Gasteiger partial charge in [-0.1, -0.05) is 34.1 Å². The molecule has 0 aliphatic rings. The van der Waals surface area contributed by atoms with E-state index in [2.05, 4.69) is 0 Å². The highest BCUT2D eigenvalue weighted by atomic mass is 19.4. The summed E-state index contributed by atoms with van der Waals surface area (Å²) >= 11 is 0. The van der Waals surface area contributed by atoms with Gasteiger partial charge in [0.15, 0.2) is 0 Å². The van der Waals surface area contributed by atoms with Gasteiger partial charge in [-0.3, -0.25) is 0 Å². The van der Waals surface area contributed by atoms with Gasteiger partial charge in [-0.25, -0.2) is 0 Å². The maximum Gasteiger partial charge on any atom is 0.389 e. The number of hydrogen-bond acceptors (Lipinski definition) is 0. The Hall–Kier alpha value is -0.210. The normalized spacial score (nSPS) is 17.5. The molecule has 3 heteroatoms. The largest absolute Gasteiger partial charge is 0.389 e. The van der Waals surface area contributed by atoms with Crippen molar-refractivity contribution in [3.8, 4) is 0 Å². The molecule has 0 radical (unpaired) electrons. The van der Waals surface area contributed by atoms with Gasteiger partial charge < -0.3 is 0 Å². The monoisotopic (exact) mass is 196 g/mol. The zero-order chi connectivity index (χ0) is 10.6. The second-order valence-corrected chi connectivity index (χ2v) is 4.11. The lowest BCUT2D eigenvalue weighted by atomic mass is 9.80. The molecule has 0 saturated heterocycles. The average Bonchev–Trinajstić information content (AvgIpc) is 1.96. The van der Waals surface area contributed by atoms with Gasteiger partial charge in [0, 0.05) is 6.42 Å². The summed E-state index contributed by atoms with van der Waals surface area (Å²) in [7, 11) is 0. The highest BCUT2D eigenvalue weighted by Crippen LogP contribution is 2.34. The Morgan fingerprint density at radius 1 is 1.08 bits per heavy atom. The predicted octanol–water partition coefficient (Wildman–Crippen LogP) is 4.26. The second-order valence-electron chi connectivity index (χ2n) is 4.11. The van der Waals surface area contributed by atoms with Crippen molar-refractivity contribution in [3.05, 3.63) is 0 Å². The lowest BCUT2D eigenvalue weighted by molar-refractivity contribution is -0.151. The summed E-state index contributed by atoms with van der Waals surface area (Å²) in [6.45, 7) is 7.57. The molecule has 0 aromatic rings. The third kappa shape index (κ3) is 5.17. The third-order valence-electron chi connectivity index (χ3n) is 2.70. The third-order valence-corrected chi connectivity index (χ3v) is 2.70. The highest BCUT2D eigenvalue weighted by molar-refractivity contribution is 4.72. The van der Waals surface area contributed by atoms with Crippen molar-refractivity contribution >= 4 is 0 Å². The van der Waals surface area contributed by atoms with E-state index in [-0.39, 0.29) is 17.8 Å². The molecular weight excluding hydrogens is 177 g/mol. The molecule has 13 heavy (non-hydrogen) atoms. The van der Waals surface area contributed by atoms with Gasteiger partial charge in [0.2, 0.25) is 0 Å². The molecule has 0 amide bonds. The fourth-order valence-corrected chi connectivity index (χ4v) is 1.66. The standard InChI is InChI=1S/C10H19F3/c1-5-8(4)9(7(2)3)6-10(11,12)13/h7-9H,5-6H2,1-4H3. The van der Waals surface area contributed by atoms with Gasteiger partial charge in [0.05, 0.1) is 0 Å². The molecule has 0 aromatic heterocycles. The molecule has 0 nitrogen and oxygen atoms in total. The molecule has 0 aliphatic carbocycles. The van der Waals surface area contributed by atoms with Gasteiger partial charge in [0.1, 0.15) is 0 Å². The van der Waals surface area contributed by atoms with E-state index in [1.165, 1.54) is 0 Å². The first-order chi connectivity index (χ1) is 5.78. The zero-order valence-electron chi connectivity index (χ0n) is 8.78. The van der Waals surface area contributed by atoms with E-state index < -0.39 is 12.6 Å². The first-order valence-electron chi connectivity index (χ1n) is 4.84. The molecule has 0 bridgehead atoms. The summed E-state index contributed by atoms with van der Waals surface area (Å²) in [6.07, 6.45) is -3.84. The van der Waals surface area contributed by atoms with Gasteiger partial charge in [-0.15, -0.1) is 0 Å². The van der Waals surface area contributed by atoms with Gasteiger partial charge in [-0.2, -0.15) is 13.2 Å². The van der Waals surface area contributed by atoms with Crippen LogP contribution in [0.2, 0.25) is 0 Å². The van der Waals surface area contributed by atoms with E-state index in [4.69, 9.17) is 0 Å². The van der Waals surface area contributed by atoms with Crippen LogP contribution < -0.4 is 0 Å². The summed E-state index contributed by atoms with van der Waals surface area (Å²) in [5.41, 5.74) is 0. The van der Waals surface area contributed by atoms with Crippen LogP contribution in [0.15, 0.2) is 0 Å². The predicted molar refractivity (Wildman–Crippen MR) is 48.5 cm³/mol. The lowest BCUT2D eigenvalue weighted by Gasteiger charge is -2.27. The summed E-state index contributed by atoms with van der Waals surface area (Å²) in [4.78, 5) is 0. The van der Waals surface area contributed by atoms with Gasteiger partial charge >= 0.3 is 6.18 Å². The van der Waals surface area contributed by atoms with Gasteiger partial charge in [0.25, 0.3) is 0 Å². The first-order valence-corrected chi connectivity index (χ1v) is 4.84. The van der Waals surface area contributed by atoms with Crippen LogP contribution in [0.4, 0.5) is 13.2 Å². The van der Waals surface area contributed by atoms with Crippen molar-refractivity contribution in [2.45, 2.75) is 46.7 Å². The minimum Gasteiger partial charge on any atom is -0.171 e. The molecule has 0 heterocycles. The molecule has 0 rings (SSSR count). The molecule has 0 spiro atoms. The van der Waals surface area contributed by atoms with Crippen molar-refractivity contribution in [3.63, 3.8) is 0 Å². The molecule has 0 aromatic carbocycles. The van der Waals surface area contributed by atoms with E-state index in [9.17, 15) is 13.2 Å². The molecule has 0 aliphatic heterocycles. The molecule has 0 N–H and O–H groups in total. The van der Waals surface area contributed by atoms with Crippen LogP contribution in [-0.2, 0) is 0 Å². The first kappa shape index (κ1) is 12.8. The summed E-state index contributed by atoms with van der Waals surface area (Å²) < 4.78 is 36.5. The number of halogens is 3. The van der Waals surface area contributed by atoms with Crippen LogP contribution in [0.3, 0.4) is 0 Å². The Bertz CT molecular complexity index is 138. The smallest absolute Gasteiger partial charge is 0.171 e. The van der Waals surface area contributed by atoms with E-state index in [1.54, 1.807) is 0 Å². The fraction of sp³-hybridized carbons (Fsp3) is 1.00. The van der Waals surface area contributed by atoms with Gasteiger partial charge in [-0.05, 0) is 17.8 Å². The van der Waals surface area contributed by atoms with Crippen LogP contribution in [0.5, 0.6) is 0 Å². The summed E-state index contributed by atoms with van der Waals surface area (Å²) in [5, 5.41) is 0. The lowest BCUT2D eigenvalue weighted by Crippen LogP contribution is -2.24. The summed E-state index contributed by atoms with van der Waals surface area (Å²) in [6, 6.07) is 0. The fourth-order valence-electron chi connectivity index (χ4n) is 1.66. The van der Waals surface area contributed by atoms with Crippen molar-refractivity contribution in [1.29, 1.82) is 0 Å². The van der Waals surface area contributed by atoms with Crippen LogP contribution in [0, 0.1) is 17.8 Å². The SMILES string of the molecule is CCC(C)C(CC(F)(F)F)C(C)C. The second kappa shape index (κ2) is 4.87. The Labute approximate surface area is 78.5 Å². The Kier molecular flexibility index (Phi) is 4.79. The molecule has 0 fully saturated rings. The van der Waals surface area contributed by atoms with Crippen LogP contribution in [-0.4, -0.2) is 6.18 Å². The topological polar surface area (TPSA) is 0 Å². The van der Waals surface area contributed by atoms with Crippen molar-refractivity contribution < 1.29 is 13.2 Å².